The zero-order valence-electron chi connectivity index (χ0n) is 7.04. The summed E-state index contributed by atoms with van der Waals surface area (Å²) in [5.41, 5.74) is 4.50. The molecule has 0 spiro atoms. The Labute approximate surface area is 67.8 Å². The predicted octanol–water partition coefficient (Wildman–Crippen LogP) is 1.25. The average Bonchev–Trinajstić information content (AvgIpc) is 2.03. The first kappa shape index (κ1) is 8.24. The number of hydrogen-bond donors (Lipinski definition) is 1. The van der Waals surface area contributed by atoms with Crippen LogP contribution in [0.1, 0.15) is 5.56 Å². The van der Waals surface area contributed by atoms with Crippen LogP contribution < -0.4 is 5.43 Å². The van der Waals surface area contributed by atoms with E-state index in [-0.39, 0.29) is 0 Å². The second-order valence-electron chi connectivity index (χ2n) is 2.71. The van der Waals surface area contributed by atoms with Crippen molar-refractivity contribution in [2.45, 2.75) is 6.54 Å². The molecule has 0 unspecified atom stereocenters. The Morgan fingerprint density at radius 2 is 1.82 bits per heavy atom. The lowest BCUT2D eigenvalue weighted by atomic mass is 10.2. The summed E-state index contributed by atoms with van der Waals surface area (Å²) in [6.07, 6.45) is 0. The van der Waals surface area contributed by atoms with Gasteiger partial charge in [-0.05, 0) is 5.56 Å². The van der Waals surface area contributed by atoms with E-state index in [0.717, 1.165) is 6.54 Å². The molecule has 0 saturated heterocycles. The molecule has 0 saturated carbocycles. The molecule has 0 amide bonds. The number of hydrazine groups is 1. The summed E-state index contributed by atoms with van der Waals surface area (Å²) in [6, 6.07) is 10.3. The van der Waals surface area contributed by atoms with Gasteiger partial charge in [0.1, 0.15) is 0 Å². The Morgan fingerprint density at radius 3 is 2.36 bits per heavy atom. The molecule has 0 aliphatic heterocycles. The summed E-state index contributed by atoms with van der Waals surface area (Å²) in [5, 5.41) is 1.95. The Kier molecular flexibility index (Phi) is 3.08. The third kappa shape index (κ3) is 3.16. The van der Waals surface area contributed by atoms with Crippen LogP contribution in [0.5, 0.6) is 0 Å². The Balaban J connectivity index is 2.39. The maximum absolute atomic E-state index is 3.20. The van der Waals surface area contributed by atoms with Crippen LogP contribution >= 0.6 is 0 Å². The molecule has 2 nitrogen and oxygen atoms in total. The van der Waals surface area contributed by atoms with Crippen molar-refractivity contribution in [3.63, 3.8) is 0 Å². The van der Waals surface area contributed by atoms with E-state index in [2.05, 4.69) is 17.6 Å². The van der Waals surface area contributed by atoms with Crippen LogP contribution in [0.2, 0.25) is 0 Å². The first-order valence-corrected chi connectivity index (χ1v) is 3.74. The van der Waals surface area contributed by atoms with E-state index >= 15 is 0 Å². The van der Waals surface area contributed by atoms with Gasteiger partial charge in [-0.2, -0.15) is 0 Å². The van der Waals surface area contributed by atoms with Crippen molar-refractivity contribution in [3.05, 3.63) is 35.9 Å². The summed E-state index contributed by atoms with van der Waals surface area (Å²) in [5.74, 6) is 0. The van der Waals surface area contributed by atoms with Crippen LogP contribution in [0.25, 0.3) is 0 Å². The Hall–Kier alpha value is -0.860. The Morgan fingerprint density at radius 1 is 1.18 bits per heavy atom. The van der Waals surface area contributed by atoms with E-state index in [1.54, 1.807) is 0 Å². The zero-order valence-corrected chi connectivity index (χ0v) is 7.04. The number of nitrogens with one attached hydrogen (secondary N) is 1. The van der Waals surface area contributed by atoms with Crippen LogP contribution in [0.3, 0.4) is 0 Å². The zero-order chi connectivity index (χ0) is 8.10. The minimum absolute atomic E-state index is 0.897. The molecule has 0 fully saturated rings. The highest BCUT2D eigenvalue weighted by Crippen LogP contribution is 1.96. The van der Waals surface area contributed by atoms with Gasteiger partial charge in [-0.15, -0.1) is 0 Å². The lowest BCUT2D eigenvalue weighted by molar-refractivity contribution is 0.286. The van der Waals surface area contributed by atoms with Crippen LogP contribution in [0.4, 0.5) is 0 Å². The van der Waals surface area contributed by atoms with Gasteiger partial charge >= 0.3 is 0 Å². The molecule has 1 N–H and O–H groups in total. The molecule has 11 heavy (non-hydrogen) atoms. The van der Waals surface area contributed by atoms with Crippen LogP contribution in [-0.4, -0.2) is 19.1 Å². The summed E-state index contributed by atoms with van der Waals surface area (Å²) in [6.45, 7) is 0.897. The minimum atomic E-state index is 0.897. The lowest BCUT2D eigenvalue weighted by Gasteiger charge is -2.11. The third-order valence-electron chi connectivity index (χ3n) is 1.44. The second-order valence-corrected chi connectivity index (χ2v) is 2.71. The molecule has 0 bridgehead atoms. The molecule has 0 aliphatic rings. The van der Waals surface area contributed by atoms with E-state index < -0.39 is 0 Å². The standard InChI is InChI=1S/C9H14N2/c1-11(2)10-8-9-6-4-3-5-7-9/h3-7,10H,8H2,1-2H3. The third-order valence-corrected chi connectivity index (χ3v) is 1.44. The number of hydrogen-bond acceptors (Lipinski definition) is 2. The first-order valence-electron chi connectivity index (χ1n) is 3.74. The van der Waals surface area contributed by atoms with Gasteiger partial charge in [0, 0.05) is 20.6 Å². The fraction of sp³-hybridized carbons (Fsp3) is 0.333. The molecule has 1 aromatic carbocycles. The second kappa shape index (κ2) is 4.11. The molecule has 0 radical (unpaired) electrons. The summed E-state index contributed by atoms with van der Waals surface area (Å²) < 4.78 is 0. The molecule has 2 heteroatoms. The summed E-state index contributed by atoms with van der Waals surface area (Å²) in [7, 11) is 3.98. The quantitative estimate of drug-likeness (QED) is 0.652. The van der Waals surface area contributed by atoms with Crippen molar-refractivity contribution < 1.29 is 0 Å². The van der Waals surface area contributed by atoms with Gasteiger partial charge in [0.15, 0.2) is 0 Å². The molecule has 0 atom stereocenters. The molecular weight excluding hydrogens is 136 g/mol. The van der Waals surface area contributed by atoms with Gasteiger partial charge < -0.3 is 0 Å². The Bertz CT molecular complexity index is 194. The van der Waals surface area contributed by atoms with Crippen LogP contribution in [0.15, 0.2) is 30.3 Å². The number of benzene rings is 1. The molecule has 60 valence electrons. The lowest BCUT2D eigenvalue weighted by Crippen LogP contribution is -2.29. The molecule has 0 heterocycles. The fourth-order valence-electron chi connectivity index (χ4n) is 0.845. The fourth-order valence-corrected chi connectivity index (χ4v) is 0.845. The van der Waals surface area contributed by atoms with E-state index in [4.69, 9.17) is 0 Å². The van der Waals surface area contributed by atoms with Gasteiger partial charge in [-0.3, -0.25) is 10.4 Å². The molecular formula is C9H14N2. The van der Waals surface area contributed by atoms with Gasteiger partial charge in [0.05, 0.1) is 0 Å². The highest BCUT2D eigenvalue weighted by molar-refractivity contribution is 5.13. The van der Waals surface area contributed by atoms with Crippen molar-refractivity contribution in [1.82, 2.24) is 10.4 Å². The molecule has 1 aromatic rings. The predicted molar refractivity (Wildman–Crippen MR) is 47.0 cm³/mol. The van der Waals surface area contributed by atoms with Crippen LogP contribution in [-0.2, 0) is 6.54 Å². The summed E-state index contributed by atoms with van der Waals surface area (Å²) in [4.78, 5) is 0. The topological polar surface area (TPSA) is 15.3 Å². The average molecular weight is 150 g/mol. The smallest absolute Gasteiger partial charge is 0.0353 e. The molecule has 0 aliphatic carbocycles. The van der Waals surface area contributed by atoms with Crippen molar-refractivity contribution in [3.8, 4) is 0 Å². The molecule has 1 rings (SSSR count). The van der Waals surface area contributed by atoms with Gasteiger partial charge in [0.25, 0.3) is 0 Å². The SMILES string of the molecule is CN(C)NCc1ccccc1. The van der Waals surface area contributed by atoms with E-state index in [9.17, 15) is 0 Å². The van der Waals surface area contributed by atoms with Crippen LogP contribution in [0, 0.1) is 0 Å². The van der Waals surface area contributed by atoms with Crippen molar-refractivity contribution in [2.24, 2.45) is 0 Å². The van der Waals surface area contributed by atoms with Crippen molar-refractivity contribution in [1.29, 1.82) is 0 Å². The normalized spacial score (nSPS) is 10.5. The van der Waals surface area contributed by atoms with Gasteiger partial charge in [-0.25, -0.2) is 0 Å². The van der Waals surface area contributed by atoms with Crippen molar-refractivity contribution in [2.75, 3.05) is 14.1 Å². The van der Waals surface area contributed by atoms with Crippen molar-refractivity contribution >= 4 is 0 Å². The van der Waals surface area contributed by atoms with Gasteiger partial charge in [-0.1, -0.05) is 30.3 Å². The van der Waals surface area contributed by atoms with E-state index in [1.807, 2.05) is 37.3 Å². The first-order chi connectivity index (χ1) is 5.29. The maximum atomic E-state index is 3.20. The largest absolute Gasteiger partial charge is 0.251 e. The minimum Gasteiger partial charge on any atom is -0.251 e. The highest BCUT2D eigenvalue weighted by Gasteiger charge is 1.89. The maximum Gasteiger partial charge on any atom is 0.0353 e. The number of rotatable bonds is 3. The monoisotopic (exact) mass is 150 g/mol. The molecule has 0 aromatic heterocycles. The van der Waals surface area contributed by atoms with E-state index in [0.29, 0.717) is 0 Å². The van der Waals surface area contributed by atoms with Gasteiger partial charge in [0.2, 0.25) is 0 Å². The number of nitrogens with zero attached hydrogens (tertiary/aromatic N) is 1. The highest BCUT2D eigenvalue weighted by atomic mass is 15.5. The summed E-state index contributed by atoms with van der Waals surface area (Å²) >= 11 is 0. The van der Waals surface area contributed by atoms with E-state index in [1.165, 1.54) is 5.56 Å².